The standard InChI is InChI=1S/C18H25N5/c1-22-10-12-23(13-11-22)18-20-16-9-5-4-8-15(16)17(21-18)19-14-6-2-3-7-14/h4-5,8-9,14H,2-3,6-7,10-13H2,1H3,(H,19,20,21). The van der Waals surface area contributed by atoms with Crippen LogP contribution in [-0.2, 0) is 0 Å². The number of hydrogen-bond donors (Lipinski definition) is 1. The fourth-order valence-corrected chi connectivity index (χ4v) is 3.59. The Kier molecular flexibility index (Phi) is 4.04. The van der Waals surface area contributed by atoms with Crippen molar-refractivity contribution in [1.29, 1.82) is 0 Å². The first-order chi connectivity index (χ1) is 11.3. The van der Waals surface area contributed by atoms with Gasteiger partial charge in [0.2, 0.25) is 5.95 Å². The second-order valence-electron chi connectivity index (χ2n) is 6.81. The van der Waals surface area contributed by atoms with Gasteiger partial charge in [0.15, 0.2) is 0 Å². The lowest BCUT2D eigenvalue weighted by atomic mass is 10.2. The number of nitrogens with one attached hydrogen (secondary N) is 1. The van der Waals surface area contributed by atoms with E-state index in [1.165, 1.54) is 25.7 Å². The van der Waals surface area contributed by atoms with Crippen LogP contribution in [0.25, 0.3) is 10.9 Å². The average molecular weight is 311 g/mol. The predicted octanol–water partition coefficient (Wildman–Crippen LogP) is 2.74. The van der Waals surface area contributed by atoms with Crippen LogP contribution in [-0.4, -0.2) is 54.1 Å². The summed E-state index contributed by atoms with van der Waals surface area (Å²) < 4.78 is 0. The number of piperazine rings is 1. The third-order valence-corrected chi connectivity index (χ3v) is 5.07. The third-order valence-electron chi connectivity index (χ3n) is 5.07. The summed E-state index contributed by atoms with van der Waals surface area (Å²) in [6, 6.07) is 8.91. The molecule has 1 saturated heterocycles. The lowest BCUT2D eigenvalue weighted by Crippen LogP contribution is -2.45. The largest absolute Gasteiger partial charge is 0.367 e. The second kappa shape index (κ2) is 6.32. The van der Waals surface area contributed by atoms with Gasteiger partial charge in [-0.15, -0.1) is 0 Å². The van der Waals surface area contributed by atoms with Gasteiger partial charge in [-0.3, -0.25) is 0 Å². The van der Waals surface area contributed by atoms with Crippen molar-refractivity contribution in [3.8, 4) is 0 Å². The first-order valence-electron chi connectivity index (χ1n) is 8.76. The van der Waals surface area contributed by atoms with Crippen molar-refractivity contribution >= 4 is 22.7 Å². The highest BCUT2D eigenvalue weighted by molar-refractivity contribution is 5.90. The molecule has 2 aromatic rings. The number of aromatic nitrogens is 2. The quantitative estimate of drug-likeness (QED) is 0.944. The number of likely N-dealkylation sites (N-methyl/N-ethyl adjacent to an activating group) is 1. The molecule has 122 valence electrons. The fourth-order valence-electron chi connectivity index (χ4n) is 3.59. The Bertz CT molecular complexity index is 672. The summed E-state index contributed by atoms with van der Waals surface area (Å²) in [7, 11) is 2.17. The maximum atomic E-state index is 4.90. The minimum Gasteiger partial charge on any atom is -0.367 e. The Morgan fingerprint density at radius 1 is 1.00 bits per heavy atom. The number of fused-ring (bicyclic) bond motifs is 1. The molecule has 0 amide bonds. The van der Waals surface area contributed by atoms with Gasteiger partial charge >= 0.3 is 0 Å². The van der Waals surface area contributed by atoms with Crippen LogP contribution in [0.5, 0.6) is 0 Å². The Hall–Kier alpha value is -1.88. The molecule has 23 heavy (non-hydrogen) atoms. The molecular formula is C18H25N5. The molecule has 5 nitrogen and oxygen atoms in total. The average Bonchev–Trinajstić information content (AvgIpc) is 3.08. The van der Waals surface area contributed by atoms with E-state index in [2.05, 4.69) is 46.4 Å². The van der Waals surface area contributed by atoms with E-state index in [1.807, 2.05) is 0 Å². The molecule has 1 aromatic heterocycles. The lowest BCUT2D eigenvalue weighted by molar-refractivity contribution is 0.311. The molecule has 5 heteroatoms. The fraction of sp³-hybridized carbons (Fsp3) is 0.556. The van der Waals surface area contributed by atoms with Crippen molar-refractivity contribution in [2.24, 2.45) is 0 Å². The molecule has 1 aliphatic carbocycles. The molecule has 0 spiro atoms. The van der Waals surface area contributed by atoms with Crippen LogP contribution in [0.4, 0.5) is 11.8 Å². The van der Waals surface area contributed by atoms with Crippen molar-refractivity contribution in [1.82, 2.24) is 14.9 Å². The van der Waals surface area contributed by atoms with E-state index in [4.69, 9.17) is 9.97 Å². The van der Waals surface area contributed by atoms with Crippen molar-refractivity contribution < 1.29 is 0 Å². The molecule has 0 atom stereocenters. The maximum Gasteiger partial charge on any atom is 0.227 e. The zero-order valence-electron chi connectivity index (χ0n) is 13.8. The summed E-state index contributed by atoms with van der Waals surface area (Å²) in [5, 5.41) is 4.82. The molecule has 2 fully saturated rings. The molecular weight excluding hydrogens is 286 g/mol. The summed E-state index contributed by atoms with van der Waals surface area (Å²) in [5.41, 5.74) is 1.04. The highest BCUT2D eigenvalue weighted by Crippen LogP contribution is 2.28. The molecule has 0 radical (unpaired) electrons. The van der Waals surface area contributed by atoms with Crippen LogP contribution in [0.1, 0.15) is 25.7 Å². The van der Waals surface area contributed by atoms with Crippen LogP contribution in [0.3, 0.4) is 0 Å². The molecule has 2 heterocycles. The van der Waals surface area contributed by atoms with Crippen molar-refractivity contribution in [2.45, 2.75) is 31.7 Å². The molecule has 0 unspecified atom stereocenters. The van der Waals surface area contributed by atoms with Crippen molar-refractivity contribution in [3.63, 3.8) is 0 Å². The van der Waals surface area contributed by atoms with Gasteiger partial charge in [-0.1, -0.05) is 25.0 Å². The predicted molar refractivity (Wildman–Crippen MR) is 95.1 cm³/mol. The maximum absolute atomic E-state index is 4.90. The van der Waals surface area contributed by atoms with Crippen LogP contribution < -0.4 is 10.2 Å². The molecule has 2 aliphatic rings. The van der Waals surface area contributed by atoms with E-state index >= 15 is 0 Å². The molecule has 1 N–H and O–H groups in total. The highest BCUT2D eigenvalue weighted by Gasteiger charge is 2.20. The number of nitrogens with zero attached hydrogens (tertiary/aromatic N) is 4. The highest BCUT2D eigenvalue weighted by atomic mass is 15.3. The van der Waals surface area contributed by atoms with Crippen LogP contribution in [0.2, 0.25) is 0 Å². The number of hydrogen-bond acceptors (Lipinski definition) is 5. The Balaban J connectivity index is 1.68. The molecule has 0 bridgehead atoms. The van der Waals surface area contributed by atoms with Gasteiger partial charge in [0.25, 0.3) is 0 Å². The van der Waals surface area contributed by atoms with Gasteiger partial charge in [0.05, 0.1) is 5.52 Å². The number of benzene rings is 1. The van der Waals surface area contributed by atoms with Gasteiger partial charge in [-0.2, -0.15) is 4.98 Å². The molecule has 4 rings (SSSR count). The monoisotopic (exact) mass is 311 g/mol. The van der Waals surface area contributed by atoms with Crippen LogP contribution in [0.15, 0.2) is 24.3 Å². The first-order valence-corrected chi connectivity index (χ1v) is 8.76. The second-order valence-corrected chi connectivity index (χ2v) is 6.81. The number of para-hydroxylation sites is 1. The molecule has 1 saturated carbocycles. The Morgan fingerprint density at radius 2 is 1.74 bits per heavy atom. The summed E-state index contributed by atoms with van der Waals surface area (Å²) in [6.45, 7) is 4.14. The van der Waals surface area contributed by atoms with Crippen LogP contribution >= 0.6 is 0 Å². The minimum absolute atomic E-state index is 0.564. The molecule has 1 aromatic carbocycles. The van der Waals surface area contributed by atoms with E-state index in [9.17, 15) is 0 Å². The Labute approximate surface area is 137 Å². The zero-order chi connectivity index (χ0) is 15.6. The smallest absolute Gasteiger partial charge is 0.227 e. The van der Waals surface area contributed by atoms with Crippen molar-refractivity contribution in [3.05, 3.63) is 24.3 Å². The van der Waals surface area contributed by atoms with E-state index in [-0.39, 0.29) is 0 Å². The SMILES string of the molecule is CN1CCN(c2nc(NC3CCCC3)c3ccccc3n2)CC1. The normalized spacial score (nSPS) is 20.3. The third kappa shape index (κ3) is 3.11. The Morgan fingerprint density at radius 3 is 2.52 bits per heavy atom. The van der Waals surface area contributed by atoms with E-state index in [1.54, 1.807) is 0 Å². The van der Waals surface area contributed by atoms with Crippen molar-refractivity contribution in [2.75, 3.05) is 43.4 Å². The van der Waals surface area contributed by atoms with E-state index < -0.39 is 0 Å². The molecule has 1 aliphatic heterocycles. The summed E-state index contributed by atoms with van der Waals surface area (Å²) >= 11 is 0. The summed E-state index contributed by atoms with van der Waals surface area (Å²) in [4.78, 5) is 14.4. The van der Waals surface area contributed by atoms with Gasteiger partial charge in [0, 0.05) is 37.6 Å². The van der Waals surface area contributed by atoms with Gasteiger partial charge < -0.3 is 15.1 Å². The minimum atomic E-state index is 0.564. The summed E-state index contributed by atoms with van der Waals surface area (Å²) in [6.07, 6.45) is 5.16. The van der Waals surface area contributed by atoms with Gasteiger partial charge in [-0.25, -0.2) is 4.98 Å². The van der Waals surface area contributed by atoms with E-state index in [0.29, 0.717) is 6.04 Å². The lowest BCUT2D eigenvalue weighted by Gasteiger charge is -2.32. The van der Waals surface area contributed by atoms with E-state index in [0.717, 1.165) is 48.8 Å². The topological polar surface area (TPSA) is 44.3 Å². The van der Waals surface area contributed by atoms with Gasteiger partial charge in [0.1, 0.15) is 5.82 Å². The number of rotatable bonds is 3. The summed E-state index contributed by atoms with van der Waals surface area (Å²) in [5.74, 6) is 1.88. The number of anilines is 2. The zero-order valence-corrected chi connectivity index (χ0v) is 13.8. The first kappa shape index (κ1) is 14.7. The van der Waals surface area contributed by atoms with Crippen LogP contribution in [0, 0.1) is 0 Å². The van der Waals surface area contributed by atoms with Gasteiger partial charge in [-0.05, 0) is 32.0 Å².